The zero-order chi connectivity index (χ0) is 17.1. The molecule has 0 aromatic carbocycles. The maximum atomic E-state index is 11.9. The van der Waals surface area contributed by atoms with Gasteiger partial charge in [0.15, 0.2) is 0 Å². The second-order valence-electron chi connectivity index (χ2n) is 5.61. The number of aromatic nitrogens is 2. The molecule has 122 valence electrons. The molecule has 0 amide bonds. The number of hydrogen-bond donors (Lipinski definition) is 0. The van der Waals surface area contributed by atoms with Crippen LogP contribution in [0.25, 0.3) is 11.1 Å². The maximum absolute atomic E-state index is 11.9. The van der Waals surface area contributed by atoms with Crippen molar-refractivity contribution in [1.82, 2.24) is 9.97 Å². The van der Waals surface area contributed by atoms with Gasteiger partial charge < -0.3 is 9.69 Å². The third-order valence-corrected chi connectivity index (χ3v) is 4.78. The summed E-state index contributed by atoms with van der Waals surface area (Å²) in [5.41, 5.74) is 4.71. The molecule has 1 atom stereocenters. The second-order valence-corrected chi connectivity index (χ2v) is 6.39. The minimum atomic E-state index is -0.397. The molecule has 1 aliphatic heterocycles. The molecule has 0 bridgehead atoms. The lowest BCUT2D eigenvalue weighted by Crippen LogP contribution is -2.35. The van der Waals surface area contributed by atoms with Crippen LogP contribution in [0.3, 0.4) is 0 Å². The third kappa shape index (κ3) is 3.02. The van der Waals surface area contributed by atoms with Crippen molar-refractivity contribution in [3.05, 3.63) is 89.3 Å². The Kier molecular flexibility index (Phi) is 4.23. The van der Waals surface area contributed by atoms with Crippen LogP contribution < -0.4 is 4.90 Å². The summed E-state index contributed by atoms with van der Waals surface area (Å²) in [5.74, 6) is 0. The van der Waals surface area contributed by atoms with Crippen LogP contribution in [0.15, 0.2) is 78.0 Å². The Balaban J connectivity index is 1.87. The van der Waals surface area contributed by atoms with Crippen LogP contribution in [0.1, 0.15) is 11.3 Å². The van der Waals surface area contributed by atoms with Crippen molar-refractivity contribution in [2.24, 2.45) is 0 Å². The molecule has 0 fully saturated rings. The summed E-state index contributed by atoms with van der Waals surface area (Å²) in [6.07, 6.45) is 10.3. The van der Waals surface area contributed by atoms with Gasteiger partial charge in [0.1, 0.15) is 12.3 Å². The predicted octanol–water partition coefficient (Wildman–Crippen LogP) is 4.05. The normalized spacial score (nSPS) is 17.0. The van der Waals surface area contributed by atoms with Crippen LogP contribution in [0, 0.1) is 0 Å². The molecular formula is C20H15N3OS. The van der Waals surface area contributed by atoms with Crippen molar-refractivity contribution in [2.45, 2.75) is 6.04 Å². The van der Waals surface area contributed by atoms with Gasteiger partial charge in [-0.1, -0.05) is 6.07 Å². The summed E-state index contributed by atoms with van der Waals surface area (Å²) in [5, 5.41) is 4.08. The minimum Gasteiger partial charge on any atom is -0.332 e. The SMILES string of the molecule is O=CC1C(c2ccsc2)=CC(c2ccccn2)=CN1c1cccnc1. The number of allylic oxidation sites excluding steroid dienone is 2. The van der Waals surface area contributed by atoms with Crippen LogP contribution in [0.2, 0.25) is 0 Å². The zero-order valence-electron chi connectivity index (χ0n) is 13.3. The van der Waals surface area contributed by atoms with E-state index >= 15 is 0 Å². The Morgan fingerprint density at radius 3 is 2.76 bits per heavy atom. The molecule has 4 rings (SSSR count). The number of rotatable bonds is 4. The first kappa shape index (κ1) is 15.5. The second kappa shape index (κ2) is 6.83. The van der Waals surface area contributed by atoms with E-state index in [-0.39, 0.29) is 0 Å². The molecule has 1 aliphatic rings. The summed E-state index contributed by atoms with van der Waals surface area (Å²) in [6, 6.07) is 11.3. The van der Waals surface area contributed by atoms with Gasteiger partial charge in [0.25, 0.3) is 0 Å². The zero-order valence-corrected chi connectivity index (χ0v) is 14.1. The molecule has 0 saturated carbocycles. The van der Waals surface area contributed by atoms with Gasteiger partial charge in [0, 0.05) is 24.2 Å². The topological polar surface area (TPSA) is 46.1 Å². The number of hydrogen-bond acceptors (Lipinski definition) is 5. The van der Waals surface area contributed by atoms with E-state index in [0.717, 1.165) is 34.4 Å². The molecule has 0 saturated heterocycles. The molecule has 1 unspecified atom stereocenters. The average molecular weight is 345 g/mol. The van der Waals surface area contributed by atoms with E-state index in [1.54, 1.807) is 29.9 Å². The quantitative estimate of drug-likeness (QED) is 0.669. The van der Waals surface area contributed by atoms with E-state index in [2.05, 4.69) is 21.4 Å². The first-order chi connectivity index (χ1) is 12.4. The lowest BCUT2D eigenvalue weighted by molar-refractivity contribution is -0.107. The fraction of sp³-hybridized carbons (Fsp3) is 0.0500. The maximum Gasteiger partial charge on any atom is 0.147 e. The third-order valence-electron chi connectivity index (χ3n) is 4.10. The number of carbonyl (C=O) groups excluding carboxylic acids is 1. The minimum absolute atomic E-state index is 0.397. The number of thiophene rings is 1. The fourth-order valence-corrected chi connectivity index (χ4v) is 3.57. The van der Waals surface area contributed by atoms with Crippen molar-refractivity contribution < 1.29 is 4.79 Å². The van der Waals surface area contributed by atoms with Gasteiger partial charge in [-0.25, -0.2) is 0 Å². The van der Waals surface area contributed by atoms with Crippen LogP contribution in [-0.4, -0.2) is 22.3 Å². The molecule has 0 radical (unpaired) electrons. The molecule has 0 aliphatic carbocycles. The average Bonchev–Trinajstić information content (AvgIpc) is 3.23. The van der Waals surface area contributed by atoms with E-state index in [0.29, 0.717) is 0 Å². The monoisotopic (exact) mass is 345 g/mol. The lowest BCUT2D eigenvalue weighted by atomic mass is 9.93. The molecule has 25 heavy (non-hydrogen) atoms. The molecule has 0 spiro atoms. The van der Waals surface area contributed by atoms with E-state index in [9.17, 15) is 4.79 Å². The van der Waals surface area contributed by atoms with Gasteiger partial charge in [-0.3, -0.25) is 9.97 Å². The van der Waals surface area contributed by atoms with Gasteiger partial charge in [-0.05, 0) is 58.3 Å². The van der Waals surface area contributed by atoms with Crippen LogP contribution in [0.5, 0.6) is 0 Å². The summed E-state index contributed by atoms with van der Waals surface area (Å²) in [4.78, 5) is 22.6. The van der Waals surface area contributed by atoms with E-state index in [4.69, 9.17) is 0 Å². The summed E-state index contributed by atoms with van der Waals surface area (Å²) >= 11 is 1.62. The largest absolute Gasteiger partial charge is 0.332 e. The molecule has 4 nitrogen and oxygen atoms in total. The van der Waals surface area contributed by atoms with Gasteiger partial charge in [-0.2, -0.15) is 11.3 Å². The number of aldehydes is 1. The summed E-state index contributed by atoms with van der Waals surface area (Å²) < 4.78 is 0. The molecular weight excluding hydrogens is 330 g/mol. The Hall–Kier alpha value is -3.05. The standard InChI is InChI=1S/C20H15N3OS/c24-13-20-18(15-6-9-25-14-15)10-16(19-5-1-2-8-22-19)12-23(20)17-4-3-7-21-11-17/h1-14,20H. The number of anilines is 1. The number of nitrogens with zero attached hydrogens (tertiary/aromatic N) is 3. The van der Waals surface area contributed by atoms with Crippen molar-refractivity contribution in [3.63, 3.8) is 0 Å². The van der Waals surface area contributed by atoms with Gasteiger partial charge in [0.05, 0.1) is 17.6 Å². The molecule has 5 heteroatoms. The van der Waals surface area contributed by atoms with Crippen molar-refractivity contribution in [2.75, 3.05) is 4.90 Å². The Bertz CT molecular complexity index is 918. The summed E-state index contributed by atoms with van der Waals surface area (Å²) in [7, 11) is 0. The molecule has 3 aromatic heterocycles. The highest BCUT2D eigenvalue weighted by atomic mass is 32.1. The van der Waals surface area contributed by atoms with Gasteiger partial charge >= 0.3 is 0 Å². The van der Waals surface area contributed by atoms with Crippen molar-refractivity contribution >= 4 is 34.5 Å². The Labute approximate surface area is 149 Å². The van der Waals surface area contributed by atoms with Gasteiger partial charge in [0.2, 0.25) is 0 Å². The van der Waals surface area contributed by atoms with Crippen molar-refractivity contribution in [1.29, 1.82) is 0 Å². The first-order valence-corrected chi connectivity index (χ1v) is 8.82. The fourth-order valence-electron chi connectivity index (χ4n) is 2.91. The van der Waals surface area contributed by atoms with Gasteiger partial charge in [-0.15, -0.1) is 0 Å². The van der Waals surface area contributed by atoms with E-state index in [1.807, 2.05) is 52.9 Å². The highest BCUT2D eigenvalue weighted by Gasteiger charge is 2.27. The van der Waals surface area contributed by atoms with E-state index < -0.39 is 6.04 Å². The van der Waals surface area contributed by atoms with Crippen molar-refractivity contribution in [3.8, 4) is 0 Å². The summed E-state index contributed by atoms with van der Waals surface area (Å²) in [6.45, 7) is 0. The van der Waals surface area contributed by atoms with Crippen LogP contribution >= 0.6 is 11.3 Å². The smallest absolute Gasteiger partial charge is 0.147 e. The lowest BCUT2D eigenvalue weighted by Gasteiger charge is -2.32. The number of pyridine rings is 2. The Morgan fingerprint density at radius 1 is 1.12 bits per heavy atom. The molecule has 0 N–H and O–H groups in total. The first-order valence-electron chi connectivity index (χ1n) is 7.88. The predicted molar refractivity (Wildman–Crippen MR) is 101 cm³/mol. The molecule has 3 aromatic rings. The van der Waals surface area contributed by atoms with Crippen LogP contribution in [0.4, 0.5) is 5.69 Å². The molecule has 4 heterocycles. The van der Waals surface area contributed by atoms with Crippen LogP contribution in [-0.2, 0) is 4.79 Å². The van der Waals surface area contributed by atoms with E-state index in [1.165, 1.54) is 0 Å². The highest BCUT2D eigenvalue weighted by molar-refractivity contribution is 7.08. The highest BCUT2D eigenvalue weighted by Crippen LogP contribution is 2.34. The number of carbonyl (C=O) groups is 1. The Morgan fingerprint density at radius 2 is 2.08 bits per heavy atom.